The molecule has 1 saturated heterocycles. The minimum absolute atomic E-state index is 0.0609. The van der Waals surface area contributed by atoms with Gasteiger partial charge in [0.2, 0.25) is 0 Å². The van der Waals surface area contributed by atoms with E-state index >= 15 is 0 Å². The second-order valence-corrected chi connectivity index (χ2v) is 9.66. The number of ether oxygens (including phenoxy) is 2. The Labute approximate surface area is 216 Å². The number of fused-ring (bicyclic) bond motifs is 5. The molecule has 4 aromatic rings. The molecule has 0 amide bonds. The fourth-order valence-corrected chi connectivity index (χ4v) is 5.14. The van der Waals surface area contributed by atoms with E-state index in [0.29, 0.717) is 34.6 Å². The maximum absolute atomic E-state index is 13.2. The van der Waals surface area contributed by atoms with Crippen molar-refractivity contribution < 1.29 is 32.1 Å². The maximum Gasteiger partial charge on any atom is 0.416 e. The van der Waals surface area contributed by atoms with E-state index in [1.165, 1.54) is 6.07 Å². The van der Waals surface area contributed by atoms with E-state index in [0.717, 1.165) is 48.3 Å². The Kier molecular flexibility index (Phi) is 6.10. The van der Waals surface area contributed by atoms with Gasteiger partial charge in [0.05, 0.1) is 17.8 Å². The quantitative estimate of drug-likeness (QED) is 0.293. The molecular weight excluding hydrogens is 500 g/mol. The van der Waals surface area contributed by atoms with Gasteiger partial charge in [-0.25, -0.2) is 0 Å². The standard InChI is InChI=1S/C29H24F4N2O3/c30-12-17-14-35(15-17)9-10-37-20-4-1-18(2-5-20)27-25(36)8-7-22-24-16-38-26-11-19(29(31,32)33)3-6-21(26)23(24)13-34-28(22)27/h1-8,11,13,17,36H,9-10,12,14-16H2. The summed E-state index contributed by atoms with van der Waals surface area (Å²) < 4.78 is 63.6. The zero-order chi connectivity index (χ0) is 26.4. The summed E-state index contributed by atoms with van der Waals surface area (Å²) in [7, 11) is 0. The topological polar surface area (TPSA) is 54.8 Å². The van der Waals surface area contributed by atoms with Crippen LogP contribution in [0.3, 0.4) is 0 Å². The van der Waals surface area contributed by atoms with Gasteiger partial charge in [0.1, 0.15) is 30.5 Å². The number of benzene rings is 3. The van der Waals surface area contributed by atoms with Crippen molar-refractivity contribution in [2.24, 2.45) is 5.92 Å². The first-order valence-electron chi connectivity index (χ1n) is 12.3. The van der Waals surface area contributed by atoms with E-state index in [9.17, 15) is 22.7 Å². The number of aromatic hydroxyl groups is 1. The van der Waals surface area contributed by atoms with Gasteiger partial charge in [0.15, 0.2) is 0 Å². The van der Waals surface area contributed by atoms with Crippen molar-refractivity contribution in [3.05, 3.63) is 71.9 Å². The summed E-state index contributed by atoms with van der Waals surface area (Å²) >= 11 is 0. The molecule has 2 aliphatic rings. The predicted molar refractivity (Wildman–Crippen MR) is 135 cm³/mol. The largest absolute Gasteiger partial charge is 0.507 e. The molecule has 6 rings (SSSR count). The SMILES string of the molecule is Oc1ccc2c3c(cnc2c1-c1ccc(OCCN2CC(CF)C2)cc1)-c1ccc(C(F)(F)F)cc1OC3. The number of halogens is 4. The first-order chi connectivity index (χ1) is 18.3. The molecule has 3 heterocycles. The number of phenols is 1. The smallest absolute Gasteiger partial charge is 0.416 e. The molecule has 3 aromatic carbocycles. The lowest BCUT2D eigenvalue weighted by molar-refractivity contribution is -0.137. The van der Waals surface area contributed by atoms with Gasteiger partial charge in [-0.05, 0) is 48.0 Å². The number of phenolic OH excluding ortho intramolecular Hbond substituents is 1. The minimum Gasteiger partial charge on any atom is -0.507 e. The normalized spacial score (nSPS) is 15.5. The van der Waals surface area contributed by atoms with Gasteiger partial charge in [0, 0.05) is 59.4 Å². The van der Waals surface area contributed by atoms with Crippen LogP contribution in [0, 0.1) is 5.92 Å². The van der Waals surface area contributed by atoms with E-state index in [1.54, 1.807) is 18.3 Å². The van der Waals surface area contributed by atoms with Crippen molar-refractivity contribution in [2.75, 3.05) is 32.9 Å². The Bertz CT molecular complexity index is 1500. The van der Waals surface area contributed by atoms with Crippen LogP contribution in [0.25, 0.3) is 33.2 Å². The maximum atomic E-state index is 13.2. The van der Waals surface area contributed by atoms with E-state index < -0.39 is 11.7 Å². The first kappa shape index (κ1) is 24.5. The second kappa shape index (κ2) is 9.47. The van der Waals surface area contributed by atoms with Crippen LogP contribution in [-0.2, 0) is 12.8 Å². The third-order valence-electron chi connectivity index (χ3n) is 7.17. The number of hydrogen-bond donors (Lipinski definition) is 1. The van der Waals surface area contributed by atoms with Crippen molar-refractivity contribution in [3.8, 4) is 39.5 Å². The number of aromatic nitrogens is 1. The van der Waals surface area contributed by atoms with E-state index in [1.807, 2.05) is 24.3 Å². The number of nitrogens with zero attached hydrogens (tertiary/aromatic N) is 2. The molecule has 0 saturated carbocycles. The lowest BCUT2D eigenvalue weighted by Crippen LogP contribution is -2.49. The molecule has 5 nitrogen and oxygen atoms in total. The molecule has 9 heteroatoms. The van der Waals surface area contributed by atoms with Crippen molar-refractivity contribution in [1.82, 2.24) is 9.88 Å². The highest BCUT2D eigenvalue weighted by Crippen LogP contribution is 2.45. The third-order valence-corrected chi connectivity index (χ3v) is 7.17. The molecule has 0 aliphatic carbocycles. The lowest BCUT2D eigenvalue weighted by Gasteiger charge is -2.37. The van der Waals surface area contributed by atoms with Crippen LogP contribution in [0.4, 0.5) is 17.6 Å². The van der Waals surface area contributed by atoms with Gasteiger partial charge < -0.3 is 14.6 Å². The summed E-state index contributed by atoms with van der Waals surface area (Å²) in [6, 6.07) is 14.1. The van der Waals surface area contributed by atoms with Crippen LogP contribution in [0.5, 0.6) is 17.2 Å². The molecule has 0 spiro atoms. The Balaban J connectivity index is 1.27. The molecule has 2 aliphatic heterocycles. The third kappa shape index (κ3) is 4.41. The highest BCUT2D eigenvalue weighted by molar-refractivity contribution is 6.01. The predicted octanol–water partition coefficient (Wildman–Crippen LogP) is 6.47. The summed E-state index contributed by atoms with van der Waals surface area (Å²) in [6.45, 7) is 2.57. The van der Waals surface area contributed by atoms with Gasteiger partial charge in [-0.15, -0.1) is 0 Å². The monoisotopic (exact) mass is 524 g/mol. The molecule has 1 N–H and O–H groups in total. The molecule has 38 heavy (non-hydrogen) atoms. The highest BCUT2D eigenvalue weighted by atomic mass is 19.4. The molecule has 0 bridgehead atoms. The number of alkyl halides is 4. The van der Waals surface area contributed by atoms with Gasteiger partial charge in [-0.2, -0.15) is 13.2 Å². The van der Waals surface area contributed by atoms with Crippen LogP contribution in [0.2, 0.25) is 0 Å². The summed E-state index contributed by atoms with van der Waals surface area (Å²) in [5, 5.41) is 11.5. The first-order valence-corrected chi connectivity index (χ1v) is 12.3. The average molecular weight is 525 g/mol. The molecule has 1 aromatic heterocycles. The molecular formula is C29H24F4N2O3. The Morgan fingerprint density at radius 1 is 1.03 bits per heavy atom. The zero-order valence-electron chi connectivity index (χ0n) is 20.3. The van der Waals surface area contributed by atoms with Crippen molar-refractivity contribution in [1.29, 1.82) is 0 Å². The van der Waals surface area contributed by atoms with Crippen LogP contribution < -0.4 is 9.47 Å². The number of hydrogen-bond acceptors (Lipinski definition) is 5. The number of rotatable bonds is 6. The molecule has 0 radical (unpaired) electrons. The molecule has 196 valence electrons. The summed E-state index contributed by atoms with van der Waals surface area (Å²) in [6.07, 6.45) is -2.84. The van der Waals surface area contributed by atoms with Gasteiger partial charge in [-0.3, -0.25) is 14.3 Å². The van der Waals surface area contributed by atoms with E-state index in [4.69, 9.17) is 9.47 Å². The van der Waals surface area contributed by atoms with Gasteiger partial charge in [-0.1, -0.05) is 12.1 Å². The lowest BCUT2D eigenvalue weighted by atomic mass is 9.92. The summed E-state index contributed by atoms with van der Waals surface area (Å²) in [5.41, 5.74) is 3.14. The zero-order valence-corrected chi connectivity index (χ0v) is 20.3. The van der Waals surface area contributed by atoms with Crippen LogP contribution in [0.15, 0.2) is 60.8 Å². The average Bonchev–Trinajstić information content (AvgIpc) is 2.89. The fourth-order valence-electron chi connectivity index (χ4n) is 5.14. The van der Waals surface area contributed by atoms with Gasteiger partial charge >= 0.3 is 6.18 Å². The van der Waals surface area contributed by atoms with Crippen LogP contribution in [-0.4, -0.2) is 47.9 Å². The summed E-state index contributed by atoms with van der Waals surface area (Å²) in [4.78, 5) is 6.77. The molecule has 0 unspecified atom stereocenters. The van der Waals surface area contributed by atoms with E-state index in [-0.39, 0.29) is 30.7 Å². The van der Waals surface area contributed by atoms with E-state index in [2.05, 4.69) is 9.88 Å². The van der Waals surface area contributed by atoms with Crippen LogP contribution in [0.1, 0.15) is 11.1 Å². The van der Waals surface area contributed by atoms with Gasteiger partial charge in [0.25, 0.3) is 0 Å². The Morgan fingerprint density at radius 2 is 1.82 bits per heavy atom. The van der Waals surface area contributed by atoms with Crippen molar-refractivity contribution in [3.63, 3.8) is 0 Å². The summed E-state index contributed by atoms with van der Waals surface area (Å²) in [5.74, 6) is 1.06. The number of likely N-dealkylation sites (tertiary alicyclic amines) is 1. The number of pyridine rings is 1. The highest BCUT2D eigenvalue weighted by Gasteiger charge is 2.33. The van der Waals surface area contributed by atoms with Crippen molar-refractivity contribution in [2.45, 2.75) is 12.8 Å². The Morgan fingerprint density at radius 3 is 2.55 bits per heavy atom. The fraction of sp³-hybridized carbons (Fsp3) is 0.276. The van der Waals surface area contributed by atoms with Crippen molar-refractivity contribution >= 4 is 10.9 Å². The minimum atomic E-state index is -4.46. The molecule has 1 fully saturated rings. The molecule has 0 atom stereocenters. The second-order valence-electron chi connectivity index (χ2n) is 9.66. The Hall–Kier alpha value is -3.85. The van der Waals surface area contributed by atoms with Crippen LogP contribution >= 0.6 is 0 Å².